The first-order chi connectivity index (χ1) is 18.8. The largest absolute Gasteiger partial charge is 0.497 e. The SMILES string of the molecule is CCC(Sc1cccc(NC(=O)c2cccc3cccc(C(=O)O)c23)c1)C(=O)Nc1cc(OC)cc(OC)c1. The Bertz CT molecular complexity index is 1510. The van der Waals surface area contributed by atoms with Gasteiger partial charge in [0.05, 0.1) is 25.0 Å². The van der Waals surface area contributed by atoms with Crippen molar-refractivity contribution in [1.29, 1.82) is 0 Å². The summed E-state index contributed by atoms with van der Waals surface area (Å²) in [7, 11) is 3.09. The second-order valence-corrected chi connectivity index (χ2v) is 9.88. The van der Waals surface area contributed by atoms with Gasteiger partial charge in [-0.3, -0.25) is 9.59 Å². The van der Waals surface area contributed by atoms with Gasteiger partial charge in [-0.1, -0.05) is 37.3 Å². The van der Waals surface area contributed by atoms with Crippen molar-refractivity contribution < 1.29 is 29.0 Å². The van der Waals surface area contributed by atoms with Crippen molar-refractivity contribution in [3.63, 3.8) is 0 Å². The standard InChI is InChI=1S/C30H28N2O6S/c1-4-26(29(34)32-20-14-21(37-2)17-22(15-20)38-3)39-23-11-7-10-19(16-23)31-28(33)24-12-5-8-18-9-6-13-25(27(18)24)30(35)36/h5-17,26H,4H2,1-3H3,(H,31,33)(H,32,34)(H,35,36). The van der Waals surface area contributed by atoms with E-state index in [0.717, 1.165) is 4.90 Å². The molecule has 0 spiro atoms. The van der Waals surface area contributed by atoms with E-state index in [-0.39, 0.29) is 17.0 Å². The summed E-state index contributed by atoms with van der Waals surface area (Å²) in [5.74, 6) is -0.571. The zero-order valence-corrected chi connectivity index (χ0v) is 22.5. The van der Waals surface area contributed by atoms with Crippen molar-refractivity contribution in [3.05, 3.63) is 90.0 Å². The summed E-state index contributed by atoms with van der Waals surface area (Å²) in [5, 5.41) is 16.1. The third-order valence-electron chi connectivity index (χ3n) is 6.03. The molecule has 0 saturated heterocycles. The lowest BCUT2D eigenvalue weighted by Gasteiger charge is -2.16. The molecule has 9 heteroatoms. The van der Waals surface area contributed by atoms with Crippen LogP contribution in [0.5, 0.6) is 11.5 Å². The average Bonchev–Trinajstić information content (AvgIpc) is 2.94. The number of benzene rings is 4. The number of carbonyl (C=O) groups is 3. The van der Waals surface area contributed by atoms with E-state index in [1.54, 1.807) is 80.9 Å². The number of fused-ring (bicyclic) bond motifs is 1. The number of methoxy groups -OCH3 is 2. The predicted octanol–water partition coefficient (Wildman–Crippen LogP) is 6.32. The normalized spacial score (nSPS) is 11.5. The molecular formula is C30H28N2O6S. The zero-order valence-electron chi connectivity index (χ0n) is 21.7. The first-order valence-electron chi connectivity index (χ1n) is 12.2. The van der Waals surface area contributed by atoms with Gasteiger partial charge in [-0.15, -0.1) is 11.8 Å². The summed E-state index contributed by atoms with van der Waals surface area (Å²) in [6, 6.07) is 22.4. The second-order valence-electron chi connectivity index (χ2n) is 8.60. The molecule has 0 fully saturated rings. The van der Waals surface area contributed by atoms with Gasteiger partial charge in [-0.25, -0.2) is 4.79 Å². The first-order valence-corrected chi connectivity index (χ1v) is 13.1. The van der Waals surface area contributed by atoms with Gasteiger partial charge >= 0.3 is 5.97 Å². The van der Waals surface area contributed by atoms with Crippen LogP contribution in [0.3, 0.4) is 0 Å². The van der Waals surface area contributed by atoms with Crippen LogP contribution in [0.2, 0.25) is 0 Å². The number of ether oxygens (including phenoxy) is 2. The van der Waals surface area contributed by atoms with Gasteiger partial charge in [0.15, 0.2) is 0 Å². The lowest BCUT2D eigenvalue weighted by Crippen LogP contribution is -2.24. The predicted molar refractivity (Wildman–Crippen MR) is 153 cm³/mol. The molecule has 0 saturated carbocycles. The summed E-state index contributed by atoms with van der Waals surface area (Å²) in [6.45, 7) is 1.93. The van der Waals surface area contributed by atoms with E-state index in [9.17, 15) is 19.5 Å². The van der Waals surface area contributed by atoms with Gasteiger partial charge in [0.25, 0.3) is 5.91 Å². The number of aromatic carboxylic acids is 1. The van der Waals surface area contributed by atoms with Gasteiger partial charge in [-0.05, 0) is 42.1 Å². The van der Waals surface area contributed by atoms with Crippen molar-refractivity contribution in [3.8, 4) is 11.5 Å². The van der Waals surface area contributed by atoms with E-state index in [2.05, 4.69) is 10.6 Å². The van der Waals surface area contributed by atoms with E-state index in [1.807, 2.05) is 13.0 Å². The fourth-order valence-corrected chi connectivity index (χ4v) is 5.16. The fourth-order valence-electron chi connectivity index (χ4n) is 4.14. The average molecular weight is 545 g/mol. The molecule has 0 aliphatic carbocycles. The molecule has 0 aromatic heterocycles. The third-order valence-corrected chi connectivity index (χ3v) is 7.39. The minimum atomic E-state index is -1.10. The molecule has 0 aliphatic heterocycles. The molecule has 39 heavy (non-hydrogen) atoms. The number of anilines is 2. The summed E-state index contributed by atoms with van der Waals surface area (Å²) in [6.07, 6.45) is 0.572. The number of amides is 2. The number of thioether (sulfide) groups is 1. The lowest BCUT2D eigenvalue weighted by atomic mass is 9.98. The van der Waals surface area contributed by atoms with E-state index in [0.29, 0.717) is 40.1 Å². The van der Waals surface area contributed by atoms with Crippen LogP contribution in [-0.2, 0) is 4.79 Å². The molecular weight excluding hydrogens is 516 g/mol. The smallest absolute Gasteiger partial charge is 0.336 e. The molecule has 0 bridgehead atoms. The van der Waals surface area contributed by atoms with Crippen molar-refractivity contribution in [2.45, 2.75) is 23.5 Å². The number of carbonyl (C=O) groups excluding carboxylic acids is 2. The Balaban J connectivity index is 1.51. The Kier molecular flexibility index (Phi) is 8.73. The van der Waals surface area contributed by atoms with E-state index < -0.39 is 17.1 Å². The van der Waals surface area contributed by atoms with Gasteiger partial charge in [0.1, 0.15) is 11.5 Å². The van der Waals surface area contributed by atoms with Crippen molar-refractivity contribution >= 4 is 51.7 Å². The number of hydrogen-bond acceptors (Lipinski definition) is 6. The molecule has 8 nitrogen and oxygen atoms in total. The van der Waals surface area contributed by atoms with Crippen molar-refractivity contribution in [1.82, 2.24) is 0 Å². The summed E-state index contributed by atoms with van der Waals surface area (Å²) < 4.78 is 10.6. The summed E-state index contributed by atoms with van der Waals surface area (Å²) >= 11 is 1.38. The molecule has 4 rings (SSSR count). The lowest BCUT2D eigenvalue weighted by molar-refractivity contribution is -0.115. The maximum absolute atomic E-state index is 13.2. The number of hydrogen-bond donors (Lipinski definition) is 3. The van der Waals surface area contributed by atoms with Gasteiger partial charge in [0, 0.05) is 45.4 Å². The highest BCUT2D eigenvalue weighted by Crippen LogP contribution is 2.31. The Morgan fingerprint density at radius 1 is 0.821 bits per heavy atom. The van der Waals surface area contributed by atoms with E-state index >= 15 is 0 Å². The Labute approximate surface area is 230 Å². The van der Waals surface area contributed by atoms with Crippen LogP contribution in [0.15, 0.2) is 83.8 Å². The molecule has 0 heterocycles. The fraction of sp³-hybridized carbons (Fsp3) is 0.167. The minimum Gasteiger partial charge on any atom is -0.497 e. The zero-order chi connectivity index (χ0) is 27.9. The van der Waals surface area contributed by atoms with Gasteiger partial charge in [0.2, 0.25) is 5.91 Å². The van der Waals surface area contributed by atoms with Crippen LogP contribution in [0.25, 0.3) is 10.8 Å². The quantitative estimate of drug-likeness (QED) is 0.200. The highest BCUT2D eigenvalue weighted by molar-refractivity contribution is 8.00. The van der Waals surface area contributed by atoms with Crippen LogP contribution >= 0.6 is 11.8 Å². The monoisotopic (exact) mass is 544 g/mol. The van der Waals surface area contributed by atoms with Crippen molar-refractivity contribution in [2.24, 2.45) is 0 Å². The number of carboxylic acids is 1. The van der Waals surface area contributed by atoms with Crippen LogP contribution in [0.4, 0.5) is 11.4 Å². The Morgan fingerprint density at radius 2 is 1.46 bits per heavy atom. The molecule has 200 valence electrons. The highest BCUT2D eigenvalue weighted by Gasteiger charge is 2.20. The molecule has 4 aromatic carbocycles. The number of nitrogens with one attached hydrogen (secondary N) is 2. The highest BCUT2D eigenvalue weighted by atomic mass is 32.2. The summed E-state index contributed by atoms with van der Waals surface area (Å²) in [5.41, 5.74) is 1.42. The number of carboxylic acid groups (broad SMARTS) is 1. The molecule has 4 aromatic rings. The number of rotatable bonds is 10. The minimum absolute atomic E-state index is 0.0630. The molecule has 0 aliphatic rings. The van der Waals surface area contributed by atoms with E-state index in [4.69, 9.17) is 9.47 Å². The molecule has 0 radical (unpaired) electrons. The van der Waals surface area contributed by atoms with Crippen LogP contribution in [-0.4, -0.2) is 42.4 Å². The second kappa shape index (κ2) is 12.4. The Morgan fingerprint density at radius 3 is 2.08 bits per heavy atom. The van der Waals surface area contributed by atoms with Gasteiger partial charge < -0.3 is 25.2 Å². The van der Waals surface area contributed by atoms with Crippen LogP contribution in [0.1, 0.15) is 34.1 Å². The molecule has 1 unspecified atom stereocenters. The molecule has 1 atom stereocenters. The first kappa shape index (κ1) is 27.5. The van der Waals surface area contributed by atoms with Crippen LogP contribution < -0.4 is 20.1 Å². The Hall–Kier alpha value is -4.50. The maximum Gasteiger partial charge on any atom is 0.336 e. The van der Waals surface area contributed by atoms with E-state index in [1.165, 1.54) is 17.8 Å². The van der Waals surface area contributed by atoms with Gasteiger partial charge in [-0.2, -0.15) is 0 Å². The third kappa shape index (κ3) is 6.50. The van der Waals surface area contributed by atoms with Crippen molar-refractivity contribution in [2.75, 3.05) is 24.9 Å². The van der Waals surface area contributed by atoms with Crippen LogP contribution in [0, 0.1) is 0 Å². The summed E-state index contributed by atoms with van der Waals surface area (Å²) in [4.78, 5) is 38.9. The topological polar surface area (TPSA) is 114 Å². The maximum atomic E-state index is 13.2. The molecule has 2 amide bonds. The molecule has 3 N–H and O–H groups in total.